The van der Waals surface area contributed by atoms with Crippen molar-refractivity contribution in [1.29, 1.82) is 0 Å². The fourth-order valence-electron chi connectivity index (χ4n) is 3.17. The Balaban J connectivity index is 2.13. The van der Waals surface area contributed by atoms with E-state index in [0.717, 1.165) is 38.5 Å². The fourth-order valence-corrected chi connectivity index (χ4v) is 3.17. The van der Waals surface area contributed by atoms with Gasteiger partial charge in [-0.15, -0.1) is 0 Å². The molecule has 26 heavy (non-hydrogen) atoms. The first-order valence-electron chi connectivity index (χ1n) is 9.96. The van der Waals surface area contributed by atoms with Gasteiger partial charge in [-0.1, -0.05) is 50.1 Å². The third-order valence-electron chi connectivity index (χ3n) is 4.66. The van der Waals surface area contributed by atoms with Crippen LogP contribution >= 0.6 is 0 Å². The number of hydrogen-bond acceptors (Lipinski definition) is 2. The molecular formula is C22H36N2O2. The zero-order valence-electron chi connectivity index (χ0n) is 16.9. The number of benzene rings is 1. The van der Waals surface area contributed by atoms with Crippen LogP contribution in [-0.2, 0) is 16.0 Å². The molecule has 2 N–H and O–H groups in total. The van der Waals surface area contributed by atoms with E-state index in [1.54, 1.807) is 7.05 Å². The molecule has 0 aliphatic carbocycles. The van der Waals surface area contributed by atoms with Crippen LogP contribution in [0.2, 0.25) is 0 Å². The molecule has 0 heterocycles. The van der Waals surface area contributed by atoms with Gasteiger partial charge in [-0.3, -0.25) is 9.59 Å². The number of aryl methyl sites for hydroxylation is 2. The standard InChI is InChI=1S/C22H36N2O2/c1-17(2)16-20(22(26)23-4)9-5-6-15-24-21(25)10-7-8-19-13-11-18(3)12-14-19/h11-14,17,20H,5-10,15-16H2,1-4H3,(H,23,26)(H,24,25)/t20-/m1/s1. The van der Waals surface area contributed by atoms with E-state index in [2.05, 4.69) is 55.7 Å². The summed E-state index contributed by atoms with van der Waals surface area (Å²) in [5.41, 5.74) is 2.55. The van der Waals surface area contributed by atoms with Gasteiger partial charge in [0, 0.05) is 25.9 Å². The van der Waals surface area contributed by atoms with Crippen LogP contribution in [0, 0.1) is 18.8 Å². The van der Waals surface area contributed by atoms with Gasteiger partial charge in [0.15, 0.2) is 0 Å². The van der Waals surface area contributed by atoms with Crippen LogP contribution in [0.4, 0.5) is 0 Å². The first-order valence-corrected chi connectivity index (χ1v) is 9.96. The van der Waals surface area contributed by atoms with Gasteiger partial charge in [0.2, 0.25) is 11.8 Å². The van der Waals surface area contributed by atoms with Crippen molar-refractivity contribution < 1.29 is 9.59 Å². The van der Waals surface area contributed by atoms with E-state index >= 15 is 0 Å². The number of rotatable bonds is 12. The smallest absolute Gasteiger partial charge is 0.222 e. The minimum absolute atomic E-state index is 0.0882. The molecule has 0 aromatic heterocycles. The van der Waals surface area contributed by atoms with Gasteiger partial charge < -0.3 is 10.6 Å². The monoisotopic (exact) mass is 360 g/mol. The average Bonchev–Trinajstić information content (AvgIpc) is 2.61. The van der Waals surface area contributed by atoms with Crippen molar-refractivity contribution in [2.75, 3.05) is 13.6 Å². The van der Waals surface area contributed by atoms with Crippen LogP contribution in [0.25, 0.3) is 0 Å². The molecule has 0 aliphatic rings. The maximum absolute atomic E-state index is 11.9. The molecule has 146 valence electrons. The van der Waals surface area contributed by atoms with Crippen LogP contribution in [0.1, 0.15) is 63.5 Å². The minimum atomic E-state index is 0.0882. The van der Waals surface area contributed by atoms with Crippen LogP contribution in [-0.4, -0.2) is 25.4 Å². The van der Waals surface area contributed by atoms with Gasteiger partial charge in [0.1, 0.15) is 0 Å². The Labute approximate surface area is 159 Å². The van der Waals surface area contributed by atoms with E-state index in [0.29, 0.717) is 18.9 Å². The highest BCUT2D eigenvalue weighted by Crippen LogP contribution is 2.18. The van der Waals surface area contributed by atoms with Crippen LogP contribution in [0.3, 0.4) is 0 Å². The number of carbonyl (C=O) groups excluding carboxylic acids is 2. The highest BCUT2D eigenvalue weighted by Gasteiger charge is 2.17. The Hall–Kier alpha value is -1.84. The van der Waals surface area contributed by atoms with Crippen LogP contribution in [0.5, 0.6) is 0 Å². The Morgan fingerprint density at radius 2 is 1.73 bits per heavy atom. The summed E-state index contributed by atoms with van der Waals surface area (Å²) in [7, 11) is 1.70. The van der Waals surface area contributed by atoms with E-state index in [4.69, 9.17) is 0 Å². The molecule has 4 nitrogen and oxygen atoms in total. The van der Waals surface area contributed by atoms with Crippen molar-refractivity contribution in [2.45, 2.75) is 65.7 Å². The molecule has 0 radical (unpaired) electrons. The first kappa shape index (κ1) is 22.2. The number of unbranched alkanes of at least 4 members (excludes halogenated alkanes) is 1. The molecule has 0 spiro atoms. The van der Waals surface area contributed by atoms with E-state index in [1.807, 2.05) is 0 Å². The summed E-state index contributed by atoms with van der Waals surface area (Å²) in [4.78, 5) is 23.8. The maximum Gasteiger partial charge on any atom is 0.222 e. The Morgan fingerprint density at radius 3 is 2.35 bits per heavy atom. The minimum Gasteiger partial charge on any atom is -0.359 e. The molecule has 1 atom stereocenters. The topological polar surface area (TPSA) is 58.2 Å². The quantitative estimate of drug-likeness (QED) is 0.553. The zero-order valence-corrected chi connectivity index (χ0v) is 16.9. The van der Waals surface area contributed by atoms with Crippen molar-refractivity contribution in [2.24, 2.45) is 11.8 Å². The van der Waals surface area contributed by atoms with Crippen molar-refractivity contribution in [3.63, 3.8) is 0 Å². The third-order valence-corrected chi connectivity index (χ3v) is 4.66. The number of carbonyl (C=O) groups is 2. The predicted octanol–water partition coefficient (Wildman–Crippen LogP) is 4.01. The SMILES string of the molecule is CNC(=O)[C@H](CCCCNC(=O)CCCc1ccc(C)cc1)CC(C)C. The summed E-state index contributed by atoms with van der Waals surface area (Å²) in [6.07, 6.45) is 6.09. The summed E-state index contributed by atoms with van der Waals surface area (Å²) in [5, 5.41) is 5.76. The van der Waals surface area contributed by atoms with E-state index in [9.17, 15) is 9.59 Å². The number of hydrogen-bond donors (Lipinski definition) is 2. The Kier molecular flexibility index (Phi) is 10.7. The molecule has 1 rings (SSSR count). The molecule has 0 fully saturated rings. The second-order valence-corrected chi connectivity index (χ2v) is 7.63. The lowest BCUT2D eigenvalue weighted by atomic mass is 9.91. The fraction of sp³-hybridized carbons (Fsp3) is 0.636. The van der Waals surface area contributed by atoms with Crippen molar-refractivity contribution in [3.8, 4) is 0 Å². The lowest BCUT2D eigenvalue weighted by molar-refractivity contribution is -0.125. The maximum atomic E-state index is 11.9. The lowest BCUT2D eigenvalue weighted by Crippen LogP contribution is -2.29. The van der Waals surface area contributed by atoms with Crippen LogP contribution in [0.15, 0.2) is 24.3 Å². The van der Waals surface area contributed by atoms with Crippen molar-refractivity contribution in [3.05, 3.63) is 35.4 Å². The molecule has 2 amide bonds. The van der Waals surface area contributed by atoms with E-state index in [-0.39, 0.29) is 17.7 Å². The molecule has 1 aromatic carbocycles. The molecule has 0 aliphatic heterocycles. The lowest BCUT2D eigenvalue weighted by Gasteiger charge is -2.17. The summed E-state index contributed by atoms with van der Waals surface area (Å²) in [5.74, 6) is 0.872. The molecule has 0 saturated carbocycles. The van der Waals surface area contributed by atoms with Gasteiger partial charge >= 0.3 is 0 Å². The predicted molar refractivity (Wildman–Crippen MR) is 108 cm³/mol. The Bertz CT molecular complexity index is 538. The molecule has 1 aromatic rings. The van der Waals surface area contributed by atoms with Gasteiger partial charge in [-0.2, -0.15) is 0 Å². The molecule has 4 heteroatoms. The molecule has 0 unspecified atom stereocenters. The average molecular weight is 361 g/mol. The number of amides is 2. The van der Waals surface area contributed by atoms with Crippen LogP contribution < -0.4 is 10.6 Å². The third kappa shape index (κ3) is 9.59. The van der Waals surface area contributed by atoms with E-state index < -0.39 is 0 Å². The molecule has 0 bridgehead atoms. The van der Waals surface area contributed by atoms with E-state index in [1.165, 1.54) is 11.1 Å². The van der Waals surface area contributed by atoms with Crippen molar-refractivity contribution >= 4 is 11.8 Å². The summed E-state index contributed by atoms with van der Waals surface area (Å²) < 4.78 is 0. The molecule has 0 saturated heterocycles. The van der Waals surface area contributed by atoms with Gasteiger partial charge in [0.25, 0.3) is 0 Å². The first-order chi connectivity index (χ1) is 12.4. The summed E-state index contributed by atoms with van der Waals surface area (Å²) >= 11 is 0. The largest absolute Gasteiger partial charge is 0.359 e. The normalized spacial score (nSPS) is 12.0. The summed E-state index contributed by atoms with van der Waals surface area (Å²) in [6, 6.07) is 8.49. The summed E-state index contributed by atoms with van der Waals surface area (Å²) in [6.45, 7) is 7.07. The second-order valence-electron chi connectivity index (χ2n) is 7.63. The highest BCUT2D eigenvalue weighted by molar-refractivity contribution is 5.78. The van der Waals surface area contributed by atoms with Gasteiger partial charge in [-0.05, 0) is 50.5 Å². The van der Waals surface area contributed by atoms with Gasteiger partial charge in [-0.25, -0.2) is 0 Å². The highest BCUT2D eigenvalue weighted by atomic mass is 16.2. The number of nitrogens with one attached hydrogen (secondary N) is 2. The molecular weight excluding hydrogens is 324 g/mol. The van der Waals surface area contributed by atoms with Crippen molar-refractivity contribution in [1.82, 2.24) is 10.6 Å². The second kappa shape index (κ2) is 12.5. The Morgan fingerprint density at radius 1 is 1.04 bits per heavy atom. The zero-order chi connectivity index (χ0) is 19.4. The van der Waals surface area contributed by atoms with Gasteiger partial charge in [0.05, 0.1) is 0 Å².